The highest BCUT2D eigenvalue weighted by Gasteiger charge is 2.39. The minimum atomic E-state index is -3.75. The number of para-hydroxylation sites is 1. The van der Waals surface area contributed by atoms with E-state index in [1.54, 1.807) is 0 Å². The third kappa shape index (κ3) is 1.76. The smallest absolute Gasteiger partial charge is 0.327 e. The fourth-order valence-corrected chi connectivity index (χ4v) is 3.67. The molecule has 1 atom stereocenters. The molecule has 1 N–H and O–H groups in total. The van der Waals surface area contributed by atoms with Crippen molar-refractivity contribution in [3.8, 4) is 0 Å². The molecule has 1 aliphatic heterocycles. The fraction of sp³-hybridized carbons (Fsp3) is 0.300. The lowest BCUT2D eigenvalue weighted by atomic mass is 10.2. The molecule has 0 saturated heterocycles. The normalized spacial score (nSPS) is 22.0. The zero-order valence-electron chi connectivity index (χ0n) is 8.92. The Hall–Kier alpha value is -1.63. The summed E-state index contributed by atoms with van der Waals surface area (Å²) in [6, 6.07) is 2.42. The van der Waals surface area contributed by atoms with Crippen molar-refractivity contribution in [1.29, 1.82) is 0 Å². The molecule has 1 heterocycles. The van der Waals surface area contributed by atoms with Crippen molar-refractivity contribution in [3.63, 3.8) is 0 Å². The average molecular weight is 259 g/mol. The third-order valence-electron chi connectivity index (χ3n) is 2.77. The number of carbonyl (C=O) groups is 1. The summed E-state index contributed by atoms with van der Waals surface area (Å²) in [7, 11) is -2.38. The van der Waals surface area contributed by atoms with E-state index >= 15 is 0 Å². The second-order valence-electron chi connectivity index (χ2n) is 3.83. The topological polar surface area (TPSA) is 74.7 Å². The summed E-state index contributed by atoms with van der Waals surface area (Å²) >= 11 is 0. The second kappa shape index (κ2) is 3.69. The van der Waals surface area contributed by atoms with E-state index < -0.39 is 33.4 Å². The highest BCUT2D eigenvalue weighted by molar-refractivity contribution is 7.91. The van der Waals surface area contributed by atoms with Gasteiger partial charge in [0.2, 0.25) is 0 Å². The largest absolute Gasteiger partial charge is 0.480 e. The summed E-state index contributed by atoms with van der Waals surface area (Å²) in [5.41, 5.74) is -0.175. The van der Waals surface area contributed by atoms with E-state index in [-0.39, 0.29) is 10.6 Å². The van der Waals surface area contributed by atoms with E-state index in [1.807, 2.05) is 0 Å². The number of halogens is 1. The Balaban J connectivity index is 2.70. The Morgan fingerprint density at radius 1 is 1.53 bits per heavy atom. The van der Waals surface area contributed by atoms with Crippen molar-refractivity contribution >= 4 is 21.5 Å². The van der Waals surface area contributed by atoms with Crippen molar-refractivity contribution < 1.29 is 22.7 Å². The van der Waals surface area contributed by atoms with Crippen LogP contribution in [0, 0.1) is 5.82 Å². The van der Waals surface area contributed by atoms with Crippen LogP contribution in [0.3, 0.4) is 0 Å². The number of rotatable bonds is 1. The molecule has 0 bridgehead atoms. The minimum absolute atomic E-state index is 0.155. The third-order valence-corrected chi connectivity index (χ3v) is 4.52. The van der Waals surface area contributed by atoms with Gasteiger partial charge in [-0.2, -0.15) is 0 Å². The molecule has 17 heavy (non-hydrogen) atoms. The summed E-state index contributed by atoms with van der Waals surface area (Å²) in [6.07, 6.45) is 0. The maximum atomic E-state index is 13.6. The molecule has 0 radical (unpaired) electrons. The van der Waals surface area contributed by atoms with Gasteiger partial charge < -0.3 is 10.0 Å². The van der Waals surface area contributed by atoms with E-state index in [1.165, 1.54) is 19.2 Å². The minimum Gasteiger partial charge on any atom is -0.480 e. The maximum absolute atomic E-state index is 13.6. The molecule has 1 aromatic rings. The number of aliphatic carboxylic acids is 1. The first-order chi connectivity index (χ1) is 7.84. The standard InChI is InChI=1S/C10H10FNO4S/c1-12-7(10(13)14)5-17(15,16)8-4-2-3-6(11)9(8)12/h2-4,7H,5H2,1H3,(H,13,14). The van der Waals surface area contributed by atoms with Crippen LogP contribution in [0.25, 0.3) is 0 Å². The number of likely N-dealkylation sites (N-methyl/N-ethyl adjacent to an activating group) is 1. The monoisotopic (exact) mass is 259 g/mol. The fourth-order valence-electron chi connectivity index (χ4n) is 1.89. The van der Waals surface area contributed by atoms with Gasteiger partial charge in [-0.1, -0.05) is 6.07 Å². The first kappa shape index (κ1) is 11.8. The van der Waals surface area contributed by atoms with Gasteiger partial charge in [-0.3, -0.25) is 0 Å². The van der Waals surface area contributed by atoms with Crippen molar-refractivity contribution in [2.24, 2.45) is 0 Å². The Bertz CT molecular complexity index is 584. The number of benzene rings is 1. The number of fused-ring (bicyclic) bond motifs is 1. The Morgan fingerprint density at radius 2 is 2.18 bits per heavy atom. The molecule has 92 valence electrons. The predicted molar refractivity (Wildman–Crippen MR) is 58.3 cm³/mol. The molecule has 1 aromatic carbocycles. The van der Waals surface area contributed by atoms with Crippen LogP contribution in [0.5, 0.6) is 0 Å². The Labute approximate surface area is 97.4 Å². The van der Waals surface area contributed by atoms with Crippen LogP contribution in [0.1, 0.15) is 0 Å². The Kier molecular flexibility index (Phi) is 2.57. The summed E-state index contributed by atoms with van der Waals surface area (Å²) in [4.78, 5) is 11.9. The van der Waals surface area contributed by atoms with Gasteiger partial charge in [0.15, 0.2) is 9.84 Å². The van der Waals surface area contributed by atoms with Crippen molar-refractivity contribution in [2.75, 3.05) is 17.7 Å². The van der Waals surface area contributed by atoms with E-state index in [0.717, 1.165) is 11.0 Å². The van der Waals surface area contributed by atoms with Crippen molar-refractivity contribution in [3.05, 3.63) is 24.0 Å². The van der Waals surface area contributed by atoms with Gasteiger partial charge in [0, 0.05) is 7.05 Å². The van der Waals surface area contributed by atoms with Crippen LogP contribution in [-0.2, 0) is 14.6 Å². The molecule has 0 spiro atoms. The van der Waals surface area contributed by atoms with E-state index in [0.29, 0.717) is 0 Å². The summed E-state index contributed by atoms with van der Waals surface area (Å²) in [5.74, 6) is -2.57. The van der Waals surface area contributed by atoms with Gasteiger partial charge in [0.05, 0.1) is 16.3 Å². The molecule has 5 nitrogen and oxygen atoms in total. The van der Waals surface area contributed by atoms with Crippen LogP contribution in [0.4, 0.5) is 10.1 Å². The van der Waals surface area contributed by atoms with E-state index in [2.05, 4.69) is 0 Å². The van der Waals surface area contributed by atoms with Crippen molar-refractivity contribution in [2.45, 2.75) is 10.9 Å². The molecule has 7 heteroatoms. The summed E-state index contributed by atoms with van der Waals surface area (Å²) in [6.45, 7) is 0. The van der Waals surface area contributed by atoms with Gasteiger partial charge in [0.1, 0.15) is 11.9 Å². The SMILES string of the molecule is CN1c2c(F)cccc2S(=O)(=O)CC1C(=O)O. The van der Waals surface area contributed by atoms with E-state index in [4.69, 9.17) is 5.11 Å². The van der Waals surface area contributed by atoms with Gasteiger partial charge in [0.25, 0.3) is 0 Å². The first-order valence-corrected chi connectivity index (χ1v) is 6.47. The molecule has 1 unspecified atom stereocenters. The lowest BCUT2D eigenvalue weighted by molar-refractivity contribution is -0.138. The number of sulfone groups is 1. The summed E-state index contributed by atoms with van der Waals surface area (Å²) in [5, 5.41) is 8.93. The zero-order chi connectivity index (χ0) is 12.8. The van der Waals surface area contributed by atoms with Crippen LogP contribution in [0.2, 0.25) is 0 Å². The number of anilines is 1. The second-order valence-corrected chi connectivity index (χ2v) is 5.84. The van der Waals surface area contributed by atoms with Gasteiger partial charge in [-0.25, -0.2) is 17.6 Å². The average Bonchev–Trinajstić information content (AvgIpc) is 2.23. The maximum Gasteiger partial charge on any atom is 0.327 e. The zero-order valence-corrected chi connectivity index (χ0v) is 9.74. The molecular weight excluding hydrogens is 249 g/mol. The predicted octanol–water partition coefficient (Wildman–Crippen LogP) is 0.502. The number of carboxylic acid groups (broad SMARTS) is 1. The summed E-state index contributed by atoms with van der Waals surface area (Å²) < 4.78 is 37.3. The Morgan fingerprint density at radius 3 is 2.76 bits per heavy atom. The molecule has 0 aliphatic carbocycles. The molecule has 0 amide bonds. The quantitative estimate of drug-likeness (QED) is 0.795. The molecule has 1 aliphatic rings. The van der Waals surface area contributed by atoms with Crippen LogP contribution < -0.4 is 4.90 Å². The number of hydrogen-bond acceptors (Lipinski definition) is 4. The molecular formula is C10H10FNO4S. The molecule has 2 rings (SSSR count). The lowest BCUT2D eigenvalue weighted by Gasteiger charge is -2.32. The van der Waals surface area contributed by atoms with E-state index in [9.17, 15) is 17.6 Å². The number of carboxylic acids is 1. The highest BCUT2D eigenvalue weighted by atomic mass is 32.2. The van der Waals surface area contributed by atoms with Crippen LogP contribution in [0.15, 0.2) is 23.1 Å². The lowest BCUT2D eigenvalue weighted by Crippen LogP contribution is -2.47. The van der Waals surface area contributed by atoms with Gasteiger partial charge >= 0.3 is 5.97 Å². The van der Waals surface area contributed by atoms with Crippen LogP contribution >= 0.6 is 0 Å². The highest BCUT2D eigenvalue weighted by Crippen LogP contribution is 2.34. The molecule has 0 fully saturated rings. The first-order valence-electron chi connectivity index (χ1n) is 4.81. The molecule has 0 aromatic heterocycles. The van der Waals surface area contributed by atoms with Gasteiger partial charge in [-0.15, -0.1) is 0 Å². The number of hydrogen-bond donors (Lipinski definition) is 1. The van der Waals surface area contributed by atoms with Crippen molar-refractivity contribution in [1.82, 2.24) is 0 Å². The van der Waals surface area contributed by atoms with Crippen LogP contribution in [-0.4, -0.2) is 38.3 Å². The number of nitrogens with zero attached hydrogens (tertiary/aromatic N) is 1. The molecule has 0 saturated carbocycles. The van der Waals surface area contributed by atoms with Gasteiger partial charge in [-0.05, 0) is 12.1 Å².